The molecule has 2 unspecified atom stereocenters. The minimum Gasteiger partial charge on any atom is -0.345 e. The van der Waals surface area contributed by atoms with Crippen LogP contribution < -0.4 is 27.0 Å². The van der Waals surface area contributed by atoms with Gasteiger partial charge in [-0.1, -0.05) is 64.4 Å². The molecule has 0 saturated heterocycles. The van der Waals surface area contributed by atoms with Gasteiger partial charge in [-0.05, 0) is 37.8 Å². The van der Waals surface area contributed by atoms with Gasteiger partial charge in [-0.2, -0.15) is 0 Å². The van der Waals surface area contributed by atoms with E-state index in [1.54, 1.807) is 0 Å². The van der Waals surface area contributed by atoms with E-state index in [9.17, 15) is 19.2 Å². The van der Waals surface area contributed by atoms with Crippen LogP contribution in [0.1, 0.15) is 65.4 Å². The predicted molar refractivity (Wildman–Crippen MR) is 150 cm³/mol. The Bertz CT molecular complexity index is 849. The molecular weight excluding hydrogens is 484 g/mol. The van der Waals surface area contributed by atoms with E-state index in [2.05, 4.69) is 42.0 Å². The third-order valence-electron chi connectivity index (χ3n) is 5.99. The van der Waals surface area contributed by atoms with Gasteiger partial charge in [-0.3, -0.25) is 19.2 Å². The molecule has 0 radical (unpaired) electrons. The van der Waals surface area contributed by atoms with Gasteiger partial charge >= 0.3 is 0 Å². The Balaban J connectivity index is 2.83. The monoisotopic (exact) mass is 532 g/mol. The van der Waals surface area contributed by atoms with E-state index < -0.39 is 29.8 Å². The van der Waals surface area contributed by atoms with Crippen LogP contribution in [-0.2, 0) is 25.6 Å². The Morgan fingerprint density at radius 1 is 0.895 bits per heavy atom. The normalized spacial score (nSPS) is 12.5. The number of hydrogen-bond donors (Lipinski definition) is 5. The molecule has 0 fully saturated rings. The molecule has 0 aliphatic heterocycles. The van der Waals surface area contributed by atoms with Crippen molar-refractivity contribution < 1.29 is 19.2 Å². The molecule has 38 heavy (non-hydrogen) atoms. The zero-order valence-corrected chi connectivity index (χ0v) is 23.6. The number of unbranched alkanes of at least 4 members (excludes halogenated alkanes) is 1. The first-order valence-corrected chi connectivity index (χ1v) is 13.8. The smallest absolute Gasteiger partial charge is 0.245 e. The van der Waals surface area contributed by atoms with Gasteiger partial charge in [0.2, 0.25) is 23.6 Å². The second kappa shape index (κ2) is 19.1. The van der Waals surface area contributed by atoms with Gasteiger partial charge in [0.05, 0.1) is 13.1 Å². The van der Waals surface area contributed by atoms with Crippen molar-refractivity contribution in [2.45, 2.75) is 84.3 Å². The maximum Gasteiger partial charge on any atom is 0.245 e. The highest BCUT2D eigenvalue weighted by Crippen LogP contribution is 2.07. The fourth-order valence-corrected chi connectivity index (χ4v) is 3.97. The molecule has 10 heteroatoms. The molecule has 0 aromatic heterocycles. The van der Waals surface area contributed by atoms with E-state index in [-0.39, 0.29) is 25.4 Å². The molecule has 6 N–H and O–H groups in total. The molecule has 1 rings (SSSR count). The molecule has 10 nitrogen and oxygen atoms in total. The molecule has 0 saturated carbocycles. The van der Waals surface area contributed by atoms with Gasteiger partial charge in [-0.25, -0.2) is 0 Å². The highest BCUT2D eigenvalue weighted by atomic mass is 16.2. The lowest BCUT2D eigenvalue weighted by atomic mass is 10.1. The summed E-state index contributed by atoms with van der Waals surface area (Å²) in [6, 6.07) is 8.04. The second-order valence-corrected chi connectivity index (χ2v) is 9.78. The number of nitrogens with zero attached hydrogens (tertiary/aromatic N) is 1. The van der Waals surface area contributed by atoms with E-state index >= 15 is 0 Å². The van der Waals surface area contributed by atoms with Crippen LogP contribution in [0.25, 0.3) is 0 Å². The Hall–Kier alpha value is -2.98. The van der Waals surface area contributed by atoms with Crippen molar-refractivity contribution in [2.24, 2.45) is 5.73 Å². The lowest BCUT2D eigenvalue weighted by Gasteiger charge is -2.28. The first-order valence-electron chi connectivity index (χ1n) is 13.8. The topological polar surface area (TPSA) is 146 Å². The van der Waals surface area contributed by atoms with Crippen LogP contribution in [0.5, 0.6) is 0 Å². The van der Waals surface area contributed by atoms with Gasteiger partial charge in [0.1, 0.15) is 12.1 Å². The van der Waals surface area contributed by atoms with Crippen LogP contribution >= 0.6 is 0 Å². The molecular formula is C28H48N6O4. The van der Waals surface area contributed by atoms with Crippen molar-refractivity contribution in [1.29, 1.82) is 0 Å². The molecule has 1 aromatic rings. The average molecular weight is 533 g/mol. The number of carbonyl (C=O) groups excluding carboxylic acids is 4. The fourth-order valence-electron chi connectivity index (χ4n) is 3.97. The standard InChI is InChI=1S/C28H48N6O4/c1-5-7-17-34(16-6-2)28(38)23(14-11-15-30-21(3)4)32-26(36)20-31-27(37)24(33-25(35)19-29)18-22-12-9-8-10-13-22/h8-10,12-13,21,23-24,30H,5-7,11,14-20,29H2,1-4H3,(H,31,37)(H,32,36)(H,33,35). The predicted octanol–water partition coefficient (Wildman–Crippen LogP) is 1.09. The maximum absolute atomic E-state index is 13.4. The van der Waals surface area contributed by atoms with E-state index in [0.717, 1.165) is 37.8 Å². The van der Waals surface area contributed by atoms with Crippen molar-refractivity contribution in [3.63, 3.8) is 0 Å². The van der Waals surface area contributed by atoms with Gasteiger partial charge < -0.3 is 31.9 Å². The average Bonchev–Trinajstić information content (AvgIpc) is 2.90. The number of hydrogen-bond acceptors (Lipinski definition) is 6. The van der Waals surface area contributed by atoms with Crippen molar-refractivity contribution in [3.05, 3.63) is 35.9 Å². The van der Waals surface area contributed by atoms with Crippen LogP contribution in [0.15, 0.2) is 30.3 Å². The number of nitrogens with one attached hydrogen (secondary N) is 4. The Morgan fingerprint density at radius 2 is 1.58 bits per heavy atom. The molecule has 2 atom stereocenters. The lowest BCUT2D eigenvalue weighted by molar-refractivity contribution is -0.137. The van der Waals surface area contributed by atoms with Crippen LogP contribution in [0.3, 0.4) is 0 Å². The molecule has 4 amide bonds. The van der Waals surface area contributed by atoms with E-state index in [1.807, 2.05) is 42.2 Å². The van der Waals surface area contributed by atoms with Crippen molar-refractivity contribution in [3.8, 4) is 0 Å². The highest BCUT2D eigenvalue weighted by Gasteiger charge is 2.26. The minimum absolute atomic E-state index is 0.0957. The lowest BCUT2D eigenvalue weighted by Crippen LogP contribution is -2.54. The number of carbonyl (C=O) groups is 4. The summed E-state index contributed by atoms with van der Waals surface area (Å²) in [4.78, 5) is 52.8. The fraction of sp³-hybridized carbons (Fsp3) is 0.643. The molecule has 214 valence electrons. The quantitative estimate of drug-likeness (QED) is 0.169. The second-order valence-electron chi connectivity index (χ2n) is 9.78. The van der Waals surface area contributed by atoms with Gasteiger partial charge in [0.25, 0.3) is 0 Å². The summed E-state index contributed by atoms with van der Waals surface area (Å²) in [5.74, 6) is -1.51. The number of benzene rings is 1. The molecule has 1 aromatic carbocycles. The first-order chi connectivity index (χ1) is 18.2. The molecule has 0 aliphatic carbocycles. The van der Waals surface area contributed by atoms with E-state index in [1.165, 1.54) is 0 Å². The van der Waals surface area contributed by atoms with Crippen LogP contribution in [0.4, 0.5) is 0 Å². The highest BCUT2D eigenvalue weighted by molar-refractivity contribution is 5.92. The third-order valence-corrected chi connectivity index (χ3v) is 5.99. The molecule has 0 bridgehead atoms. The first kappa shape index (κ1) is 33.0. The SMILES string of the molecule is CCCCN(CCC)C(=O)C(CCCNC(C)C)NC(=O)CNC(=O)C(Cc1ccccc1)NC(=O)CN. The summed E-state index contributed by atoms with van der Waals surface area (Å²) < 4.78 is 0. The minimum atomic E-state index is -0.880. The van der Waals surface area contributed by atoms with Crippen LogP contribution in [-0.4, -0.2) is 79.4 Å². The zero-order valence-electron chi connectivity index (χ0n) is 23.6. The number of nitrogens with two attached hydrogens (primary N) is 1. The zero-order chi connectivity index (χ0) is 28.3. The van der Waals surface area contributed by atoms with Crippen molar-refractivity contribution in [1.82, 2.24) is 26.2 Å². The summed E-state index contributed by atoms with van der Waals surface area (Å²) >= 11 is 0. The largest absolute Gasteiger partial charge is 0.345 e. The van der Waals surface area contributed by atoms with E-state index in [4.69, 9.17) is 5.73 Å². The van der Waals surface area contributed by atoms with Crippen LogP contribution in [0, 0.1) is 0 Å². The summed E-state index contributed by atoms with van der Waals surface area (Å²) in [6.45, 7) is 9.68. The summed E-state index contributed by atoms with van der Waals surface area (Å²) in [5, 5.41) is 11.4. The molecule has 0 heterocycles. The van der Waals surface area contributed by atoms with Gasteiger partial charge in [0.15, 0.2) is 0 Å². The molecule has 0 aliphatic rings. The summed E-state index contributed by atoms with van der Waals surface area (Å²) in [5.41, 5.74) is 6.27. The number of amides is 4. The van der Waals surface area contributed by atoms with Gasteiger partial charge in [0, 0.05) is 25.6 Å². The maximum atomic E-state index is 13.4. The van der Waals surface area contributed by atoms with Crippen LogP contribution in [0.2, 0.25) is 0 Å². The number of rotatable bonds is 19. The Labute approximate surface area is 227 Å². The van der Waals surface area contributed by atoms with E-state index in [0.29, 0.717) is 25.6 Å². The third kappa shape index (κ3) is 13.5. The Kier molecular flexibility index (Phi) is 16.6. The van der Waals surface area contributed by atoms with Crippen molar-refractivity contribution >= 4 is 23.6 Å². The Morgan fingerprint density at radius 3 is 2.18 bits per heavy atom. The van der Waals surface area contributed by atoms with Crippen molar-refractivity contribution in [2.75, 3.05) is 32.7 Å². The summed E-state index contributed by atoms with van der Waals surface area (Å²) in [6.07, 6.45) is 4.17. The van der Waals surface area contributed by atoms with Gasteiger partial charge in [-0.15, -0.1) is 0 Å². The molecule has 0 spiro atoms. The summed E-state index contributed by atoms with van der Waals surface area (Å²) in [7, 11) is 0.